The summed E-state index contributed by atoms with van der Waals surface area (Å²) in [5.41, 5.74) is 0. The Balaban J connectivity index is 1.81. The smallest absolute Gasteiger partial charge is 0.310 e. The minimum Gasteiger partial charge on any atom is -0.481 e. The lowest BCUT2D eigenvalue weighted by Crippen LogP contribution is -2.55. The second-order valence-electron chi connectivity index (χ2n) is 3.78. The van der Waals surface area contributed by atoms with Crippen LogP contribution in [0.2, 0.25) is 0 Å². The van der Waals surface area contributed by atoms with Crippen molar-refractivity contribution in [2.45, 2.75) is 18.1 Å². The number of carbonyl (C=O) groups excluding carboxylic acids is 1. The molecule has 0 saturated carbocycles. The number of likely N-dealkylation sites (tertiary alicyclic amines) is 1. The van der Waals surface area contributed by atoms with Gasteiger partial charge in [-0.15, -0.1) is 11.8 Å². The minimum atomic E-state index is -0.784. The number of carbonyl (C=O) groups is 2. The monoisotopic (exact) mass is 215 g/mol. The van der Waals surface area contributed by atoms with E-state index < -0.39 is 5.97 Å². The van der Waals surface area contributed by atoms with Crippen molar-refractivity contribution >= 4 is 23.6 Å². The maximum absolute atomic E-state index is 11.7. The first-order valence-corrected chi connectivity index (χ1v) is 5.86. The SMILES string of the molecule is O=C(O)C1CN(C(=O)C2CCCS2)C1. The summed E-state index contributed by atoms with van der Waals surface area (Å²) in [6.45, 7) is 0.816. The van der Waals surface area contributed by atoms with Crippen LogP contribution in [0, 0.1) is 5.92 Å². The van der Waals surface area contributed by atoms with E-state index in [9.17, 15) is 9.59 Å². The largest absolute Gasteiger partial charge is 0.481 e. The molecule has 2 rings (SSSR count). The summed E-state index contributed by atoms with van der Waals surface area (Å²) < 4.78 is 0. The molecule has 5 heteroatoms. The number of hydrogen-bond donors (Lipinski definition) is 1. The zero-order valence-electron chi connectivity index (χ0n) is 7.81. The first-order valence-electron chi connectivity index (χ1n) is 4.81. The molecular weight excluding hydrogens is 202 g/mol. The van der Waals surface area contributed by atoms with Gasteiger partial charge in [0.15, 0.2) is 0 Å². The molecule has 0 aromatic carbocycles. The molecule has 0 spiro atoms. The second-order valence-corrected chi connectivity index (χ2v) is 5.09. The average molecular weight is 215 g/mol. The molecule has 0 aromatic rings. The summed E-state index contributed by atoms with van der Waals surface area (Å²) in [7, 11) is 0. The summed E-state index contributed by atoms with van der Waals surface area (Å²) in [6, 6.07) is 0. The van der Waals surface area contributed by atoms with E-state index >= 15 is 0 Å². The number of amides is 1. The van der Waals surface area contributed by atoms with Gasteiger partial charge in [0.2, 0.25) is 5.91 Å². The highest BCUT2D eigenvalue weighted by Gasteiger charge is 2.38. The van der Waals surface area contributed by atoms with Crippen molar-refractivity contribution in [1.29, 1.82) is 0 Å². The van der Waals surface area contributed by atoms with Crippen molar-refractivity contribution in [3.8, 4) is 0 Å². The van der Waals surface area contributed by atoms with Crippen LogP contribution in [0.25, 0.3) is 0 Å². The lowest BCUT2D eigenvalue weighted by atomic mass is 10.00. The van der Waals surface area contributed by atoms with Gasteiger partial charge in [-0.05, 0) is 18.6 Å². The van der Waals surface area contributed by atoms with Gasteiger partial charge in [0.1, 0.15) is 0 Å². The van der Waals surface area contributed by atoms with Crippen molar-refractivity contribution in [2.24, 2.45) is 5.92 Å². The van der Waals surface area contributed by atoms with Crippen LogP contribution in [0.3, 0.4) is 0 Å². The number of rotatable bonds is 2. The van der Waals surface area contributed by atoms with Gasteiger partial charge >= 0.3 is 5.97 Å². The topological polar surface area (TPSA) is 57.6 Å². The third kappa shape index (κ3) is 1.73. The molecule has 0 aromatic heterocycles. The summed E-state index contributed by atoms with van der Waals surface area (Å²) in [4.78, 5) is 23.9. The van der Waals surface area contributed by atoms with Gasteiger partial charge in [-0.1, -0.05) is 0 Å². The summed E-state index contributed by atoms with van der Waals surface area (Å²) >= 11 is 1.70. The minimum absolute atomic E-state index is 0.102. The molecule has 14 heavy (non-hydrogen) atoms. The first kappa shape index (κ1) is 9.83. The third-order valence-corrected chi connectivity index (χ3v) is 4.11. The van der Waals surface area contributed by atoms with E-state index in [1.165, 1.54) is 0 Å². The molecule has 4 nitrogen and oxygen atoms in total. The van der Waals surface area contributed by atoms with Crippen LogP contribution < -0.4 is 0 Å². The molecule has 1 amide bonds. The molecular formula is C9H13NO3S. The van der Waals surface area contributed by atoms with Crippen LogP contribution in [0.5, 0.6) is 0 Å². The maximum Gasteiger partial charge on any atom is 0.310 e. The van der Waals surface area contributed by atoms with Gasteiger partial charge < -0.3 is 10.0 Å². The molecule has 2 aliphatic rings. The van der Waals surface area contributed by atoms with Gasteiger partial charge in [0.25, 0.3) is 0 Å². The average Bonchev–Trinajstić information content (AvgIpc) is 2.51. The van der Waals surface area contributed by atoms with Crippen molar-refractivity contribution in [2.75, 3.05) is 18.8 Å². The molecule has 2 aliphatic heterocycles. The van der Waals surface area contributed by atoms with Crippen LogP contribution in [-0.4, -0.2) is 46.0 Å². The highest BCUT2D eigenvalue weighted by atomic mass is 32.2. The van der Waals surface area contributed by atoms with Gasteiger partial charge in [-0.25, -0.2) is 0 Å². The standard InChI is InChI=1S/C9H13NO3S/c11-8(7-2-1-3-14-7)10-4-6(5-10)9(12)13/h6-7H,1-5H2,(H,12,13). The molecule has 0 aliphatic carbocycles. The molecule has 1 atom stereocenters. The Morgan fingerprint density at radius 3 is 2.57 bits per heavy atom. The highest BCUT2D eigenvalue weighted by Crippen LogP contribution is 2.30. The van der Waals surface area contributed by atoms with Gasteiger partial charge in [-0.2, -0.15) is 0 Å². The van der Waals surface area contributed by atoms with Crippen molar-refractivity contribution in [1.82, 2.24) is 4.90 Å². The number of nitrogens with zero attached hydrogens (tertiary/aromatic N) is 1. The Morgan fingerprint density at radius 1 is 1.36 bits per heavy atom. The normalized spacial score (nSPS) is 27.4. The summed E-state index contributed by atoms with van der Waals surface area (Å²) in [5, 5.41) is 8.76. The second kappa shape index (κ2) is 3.81. The van der Waals surface area contributed by atoms with E-state index in [1.54, 1.807) is 16.7 Å². The summed E-state index contributed by atoms with van der Waals surface area (Å²) in [5.74, 6) is 0.0931. The first-order chi connectivity index (χ1) is 6.68. The van der Waals surface area contributed by atoms with Gasteiger partial charge in [0.05, 0.1) is 11.2 Å². The number of carboxylic acid groups (broad SMARTS) is 1. The Morgan fingerprint density at radius 2 is 2.07 bits per heavy atom. The maximum atomic E-state index is 11.7. The van der Waals surface area contributed by atoms with E-state index in [0.717, 1.165) is 18.6 Å². The van der Waals surface area contributed by atoms with Crippen LogP contribution in [-0.2, 0) is 9.59 Å². The molecule has 78 valence electrons. The predicted octanol–water partition coefficient (Wildman–Crippen LogP) is 0.425. The molecule has 0 bridgehead atoms. The number of carboxylic acids is 1. The predicted molar refractivity (Wildman–Crippen MR) is 53.2 cm³/mol. The molecule has 0 radical (unpaired) electrons. The van der Waals surface area contributed by atoms with E-state index in [0.29, 0.717) is 13.1 Å². The fraction of sp³-hybridized carbons (Fsp3) is 0.778. The molecule has 1 unspecified atom stereocenters. The lowest BCUT2D eigenvalue weighted by molar-refractivity contribution is -0.152. The van der Waals surface area contributed by atoms with Gasteiger partial charge in [-0.3, -0.25) is 9.59 Å². The fourth-order valence-corrected chi connectivity index (χ4v) is 3.03. The number of aliphatic carboxylic acids is 1. The fourth-order valence-electron chi connectivity index (χ4n) is 1.79. The van der Waals surface area contributed by atoms with Crippen molar-refractivity contribution in [3.63, 3.8) is 0 Å². The Bertz CT molecular complexity index is 257. The quantitative estimate of drug-likeness (QED) is 0.725. The Hall–Kier alpha value is -0.710. The third-order valence-electron chi connectivity index (χ3n) is 2.75. The van der Waals surface area contributed by atoms with Crippen LogP contribution in [0.4, 0.5) is 0 Å². The molecule has 2 heterocycles. The van der Waals surface area contributed by atoms with E-state index in [4.69, 9.17) is 5.11 Å². The van der Waals surface area contributed by atoms with E-state index in [2.05, 4.69) is 0 Å². The van der Waals surface area contributed by atoms with Crippen molar-refractivity contribution < 1.29 is 14.7 Å². The zero-order valence-corrected chi connectivity index (χ0v) is 8.63. The molecule has 2 fully saturated rings. The van der Waals surface area contributed by atoms with E-state index in [-0.39, 0.29) is 17.1 Å². The number of hydrogen-bond acceptors (Lipinski definition) is 3. The Kier molecular flexibility index (Phi) is 2.67. The zero-order chi connectivity index (χ0) is 10.1. The van der Waals surface area contributed by atoms with Crippen LogP contribution in [0.1, 0.15) is 12.8 Å². The molecule has 1 N–H and O–H groups in total. The van der Waals surface area contributed by atoms with Crippen LogP contribution >= 0.6 is 11.8 Å². The van der Waals surface area contributed by atoms with E-state index in [1.807, 2.05) is 0 Å². The van der Waals surface area contributed by atoms with Crippen molar-refractivity contribution in [3.05, 3.63) is 0 Å². The van der Waals surface area contributed by atoms with Gasteiger partial charge in [0, 0.05) is 13.1 Å². The highest BCUT2D eigenvalue weighted by molar-refractivity contribution is 8.00. The van der Waals surface area contributed by atoms with Crippen LogP contribution in [0.15, 0.2) is 0 Å². The Labute approximate surface area is 86.6 Å². The summed E-state index contributed by atoms with van der Waals surface area (Å²) in [6.07, 6.45) is 2.06. The lowest BCUT2D eigenvalue weighted by Gasteiger charge is -2.38. The molecule has 2 saturated heterocycles. The number of thioether (sulfide) groups is 1.